The highest BCUT2D eigenvalue weighted by atomic mass is 79.9. The Morgan fingerprint density at radius 3 is 3.00 bits per heavy atom. The van der Waals surface area contributed by atoms with E-state index in [0.717, 1.165) is 42.3 Å². The van der Waals surface area contributed by atoms with E-state index in [0.29, 0.717) is 6.04 Å². The van der Waals surface area contributed by atoms with Gasteiger partial charge in [-0.3, -0.25) is 4.79 Å². The first-order valence-electron chi connectivity index (χ1n) is 6.79. The quantitative estimate of drug-likeness (QED) is 0.817. The number of rotatable bonds is 3. The third-order valence-corrected chi connectivity index (χ3v) is 4.07. The average molecular weight is 310 g/mol. The molecule has 98 valence electrons. The van der Waals surface area contributed by atoms with E-state index < -0.39 is 0 Å². The Morgan fingerprint density at radius 1 is 1.44 bits per heavy atom. The molecule has 2 rings (SSSR count). The minimum Gasteiger partial charge on any atom is -0.336 e. The molecule has 1 heterocycles. The molecule has 0 N–H and O–H groups in total. The van der Waals surface area contributed by atoms with E-state index in [1.807, 2.05) is 24.3 Å². The fourth-order valence-electron chi connectivity index (χ4n) is 2.69. The second-order valence-electron chi connectivity index (χ2n) is 4.95. The summed E-state index contributed by atoms with van der Waals surface area (Å²) in [7, 11) is 0. The molecule has 1 aromatic carbocycles. The van der Waals surface area contributed by atoms with Crippen LogP contribution in [-0.4, -0.2) is 23.4 Å². The van der Waals surface area contributed by atoms with Crippen molar-refractivity contribution in [2.45, 2.75) is 45.1 Å². The van der Waals surface area contributed by atoms with Crippen LogP contribution in [0.5, 0.6) is 0 Å². The molecule has 0 bridgehead atoms. The maximum Gasteiger partial charge on any atom is 0.254 e. The van der Waals surface area contributed by atoms with Crippen molar-refractivity contribution in [3.05, 3.63) is 34.3 Å². The molecule has 1 amide bonds. The van der Waals surface area contributed by atoms with E-state index in [9.17, 15) is 4.79 Å². The van der Waals surface area contributed by atoms with Gasteiger partial charge in [0.25, 0.3) is 5.91 Å². The van der Waals surface area contributed by atoms with Crippen molar-refractivity contribution in [1.29, 1.82) is 0 Å². The molecule has 0 aliphatic carbocycles. The summed E-state index contributed by atoms with van der Waals surface area (Å²) in [6, 6.07) is 8.15. The molecule has 1 aliphatic heterocycles. The molecule has 0 spiro atoms. The first-order chi connectivity index (χ1) is 8.72. The zero-order valence-corrected chi connectivity index (χ0v) is 12.4. The van der Waals surface area contributed by atoms with Crippen molar-refractivity contribution >= 4 is 21.8 Å². The highest BCUT2D eigenvalue weighted by Crippen LogP contribution is 2.23. The van der Waals surface area contributed by atoms with E-state index >= 15 is 0 Å². The highest BCUT2D eigenvalue weighted by molar-refractivity contribution is 9.10. The Hall–Kier alpha value is -0.830. The Bertz CT molecular complexity index is 417. The van der Waals surface area contributed by atoms with Crippen LogP contribution in [0.25, 0.3) is 0 Å². The lowest BCUT2D eigenvalue weighted by atomic mass is 9.97. The average Bonchev–Trinajstić information content (AvgIpc) is 2.39. The van der Waals surface area contributed by atoms with E-state index in [1.165, 1.54) is 6.42 Å². The number of amides is 1. The molecular formula is C15H20BrNO. The summed E-state index contributed by atoms with van der Waals surface area (Å²) in [6.45, 7) is 3.10. The number of hydrogen-bond acceptors (Lipinski definition) is 1. The molecule has 0 radical (unpaired) electrons. The molecule has 1 atom stereocenters. The van der Waals surface area contributed by atoms with Gasteiger partial charge in [-0.1, -0.05) is 35.3 Å². The van der Waals surface area contributed by atoms with E-state index in [-0.39, 0.29) is 5.91 Å². The number of piperidine rings is 1. The van der Waals surface area contributed by atoms with Crippen molar-refractivity contribution in [2.75, 3.05) is 6.54 Å². The van der Waals surface area contributed by atoms with Gasteiger partial charge in [0.05, 0.1) is 0 Å². The number of nitrogens with zero attached hydrogens (tertiary/aromatic N) is 1. The van der Waals surface area contributed by atoms with Crippen LogP contribution in [0.1, 0.15) is 49.4 Å². The van der Waals surface area contributed by atoms with Crippen molar-refractivity contribution in [2.24, 2.45) is 0 Å². The molecule has 2 nitrogen and oxygen atoms in total. The molecule has 1 unspecified atom stereocenters. The highest BCUT2D eigenvalue weighted by Gasteiger charge is 2.26. The smallest absolute Gasteiger partial charge is 0.254 e. The van der Waals surface area contributed by atoms with Gasteiger partial charge in [0, 0.05) is 22.6 Å². The summed E-state index contributed by atoms with van der Waals surface area (Å²) >= 11 is 3.43. The van der Waals surface area contributed by atoms with Crippen molar-refractivity contribution < 1.29 is 4.79 Å². The Kier molecular flexibility index (Phi) is 4.81. The van der Waals surface area contributed by atoms with Gasteiger partial charge in [0.1, 0.15) is 0 Å². The summed E-state index contributed by atoms with van der Waals surface area (Å²) in [5.41, 5.74) is 0.798. The summed E-state index contributed by atoms with van der Waals surface area (Å²) in [4.78, 5) is 14.6. The summed E-state index contributed by atoms with van der Waals surface area (Å²) in [5, 5.41) is 0. The monoisotopic (exact) mass is 309 g/mol. The van der Waals surface area contributed by atoms with E-state index in [2.05, 4.69) is 27.8 Å². The minimum atomic E-state index is 0.189. The maximum atomic E-state index is 12.5. The maximum absolute atomic E-state index is 12.5. The van der Waals surface area contributed by atoms with Gasteiger partial charge >= 0.3 is 0 Å². The van der Waals surface area contributed by atoms with Gasteiger partial charge in [-0.25, -0.2) is 0 Å². The van der Waals surface area contributed by atoms with Crippen LogP contribution in [0.15, 0.2) is 28.7 Å². The second kappa shape index (κ2) is 6.37. The lowest BCUT2D eigenvalue weighted by Gasteiger charge is -2.36. The molecule has 1 aliphatic rings. The lowest BCUT2D eigenvalue weighted by Crippen LogP contribution is -2.43. The molecule has 1 aromatic rings. The van der Waals surface area contributed by atoms with Gasteiger partial charge in [0.15, 0.2) is 0 Å². The fraction of sp³-hybridized carbons (Fsp3) is 0.533. The minimum absolute atomic E-state index is 0.189. The number of carbonyl (C=O) groups is 1. The van der Waals surface area contributed by atoms with Gasteiger partial charge in [-0.15, -0.1) is 0 Å². The van der Waals surface area contributed by atoms with Crippen LogP contribution in [0.4, 0.5) is 0 Å². The Morgan fingerprint density at radius 2 is 2.28 bits per heavy atom. The second-order valence-corrected chi connectivity index (χ2v) is 5.86. The zero-order valence-electron chi connectivity index (χ0n) is 10.9. The lowest BCUT2D eigenvalue weighted by molar-refractivity contribution is 0.0600. The van der Waals surface area contributed by atoms with Gasteiger partial charge in [0.2, 0.25) is 0 Å². The van der Waals surface area contributed by atoms with Crippen LogP contribution in [0.2, 0.25) is 0 Å². The fourth-order valence-corrected chi connectivity index (χ4v) is 3.09. The number of hydrogen-bond donors (Lipinski definition) is 0. The Labute approximate surface area is 117 Å². The molecule has 3 heteroatoms. The summed E-state index contributed by atoms with van der Waals surface area (Å²) in [6.07, 6.45) is 5.83. The first kappa shape index (κ1) is 13.6. The third-order valence-electron chi connectivity index (χ3n) is 3.58. The first-order valence-corrected chi connectivity index (χ1v) is 7.58. The predicted molar refractivity (Wildman–Crippen MR) is 77.7 cm³/mol. The number of halogens is 1. The zero-order chi connectivity index (χ0) is 13.0. The van der Waals surface area contributed by atoms with E-state index in [1.54, 1.807) is 0 Å². The van der Waals surface area contributed by atoms with Crippen molar-refractivity contribution in [1.82, 2.24) is 4.90 Å². The van der Waals surface area contributed by atoms with Crippen LogP contribution in [0.3, 0.4) is 0 Å². The predicted octanol–water partition coefficient (Wildman–Crippen LogP) is 4.24. The molecule has 0 aromatic heterocycles. The van der Waals surface area contributed by atoms with Crippen molar-refractivity contribution in [3.63, 3.8) is 0 Å². The third kappa shape index (κ3) is 3.14. The van der Waals surface area contributed by atoms with Crippen molar-refractivity contribution in [3.8, 4) is 0 Å². The molecule has 1 fully saturated rings. The van der Waals surface area contributed by atoms with Gasteiger partial charge in [-0.05, 0) is 43.9 Å². The van der Waals surface area contributed by atoms with Crippen LogP contribution in [-0.2, 0) is 0 Å². The molecule has 0 saturated carbocycles. The number of likely N-dealkylation sites (tertiary alicyclic amines) is 1. The largest absolute Gasteiger partial charge is 0.336 e. The molecule has 18 heavy (non-hydrogen) atoms. The summed E-state index contributed by atoms with van der Waals surface area (Å²) in [5.74, 6) is 0.189. The van der Waals surface area contributed by atoms with Crippen LogP contribution < -0.4 is 0 Å². The Balaban J connectivity index is 2.15. The normalized spacial score (nSPS) is 19.9. The SMILES string of the molecule is CCCC1CCCCN1C(=O)c1cccc(Br)c1. The molecule has 1 saturated heterocycles. The van der Waals surface area contributed by atoms with Crippen LogP contribution in [0, 0.1) is 0 Å². The molecular weight excluding hydrogens is 290 g/mol. The number of benzene rings is 1. The standard InChI is InChI=1S/C15H20BrNO/c1-2-6-14-9-3-4-10-17(14)15(18)12-7-5-8-13(16)11-12/h5,7-8,11,14H,2-4,6,9-10H2,1H3. The van der Waals surface area contributed by atoms with E-state index in [4.69, 9.17) is 0 Å². The van der Waals surface area contributed by atoms with Gasteiger partial charge < -0.3 is 4.90 Å². The van der Waals surface area contributed by atoms with Crippen LogP contribution >= 0.6 is 15.9 Å². The topological polar surface area (TPSA) is 20.3 Å². The number of carbonyl (C=O) groups excluding carboxylic acids is 1. The van der Waals surface area contributed by atoms with Gasteiger partial charge in [-0.2, -0.15) is 0 Å². The summed E-state index contributed by atoms with van der Waals surface area (Å²) < 4.78 is 0.970.